The molecule has 0 saturated heterocycles. The van der Waals surface area contributed by atoms with Crippen molar-refractivity contribution >= 4 is 5.82 Å². The Hall–Kier alpha value is -1.87. The van der Waals surface area contributed by atoms with E-state index in [2.05, 4.69) is 58.5 Å². The van der Waals surface area contributed by atoms with Crippen LogP contribution in [0.5, 0.6) is 0 Å². The summed E-state index contributed by atoms with van der Waals surface area (Å²) in [5.41, 5.74) is 2.62. The van der Waals surface area contributed by atoms with Crippen LogP contribution in [-0.4, -0.2) is 17.6 Å². The Bertz CT molecular complexity index is 564. The zero-order valence-electron chi connectivity index (χ0n) is 12.6. The van der Waals surface area contributed by atoms with Crippen molar-refractivity contribution in [2.45, 2.75) is 38.9 Å². The molecule has 3 nitrogen and oxygen atoms in total. The monoisotopic (exact) mass is 281 g/mol. The fourth-order valence-electron chi connectivity index (χ4n) is 2.54. The number of pyridine rings is 1. The van der Waals surface area contributed by atoms with Gasteiger partial charge in [-0.05, 0) is 31.4 Å². The molecule has 3 rings (SSSR count). The van der Waals surface area contributed by atoms with Gasteiger partial charge in [-0.25, -0.2) is 4.98 Å². The van der Waals surface area contributed by atoms with Crippen LogP contribution in [0.4, 0.5) is 5.82 Å². The van der Waals surface area contributed by atoms with Crippen LogP contribution < -0.4 is 10.2 Å². The molecule has 0 aliphatic heterocycles. The van der Waals surface area contributed by atoms with Crippen molar-refractivity contribution in [3.63, 3.8) is 0 Å². The second kappa shape index (κ2) is 6.72. The highest BCUT2D eigenvalue weighted by atomic mass is 15.2. The summed E-state index contributed by atoms with van der Waals surface area (Å²) in [5, 5.41) is 3.59. The van der Waals surface area contributed by atoms with Gasteiger partial charge in [-0.3, -0.25) is 0 Å². The van der Waals surface area contributed by atoms with Crippen molar-refractivity contribution in [1.82, 2.24) is 10.3 Å². The van der Waals surface area contributed by atoms with Gasteiger partial charge in [-0.1, -0.05) is 36.4 Å². The molecule has 0 radical (unpaired) electrons. The fraction of sp³-hybridized carbons (Fsp3) is 0.389. The second-order valence-electron chi connectivity index (χ2n) is 5.64. The van der Waals surface area contributed by atoms with Gasteiger partial charge in [0.25, 0.3) is 0 Å². The lowest BCUT2D eigenvalue weighted by Crippen LogP contribution is -2.26. The molecule has 3 heteroatoms. The minimum atomic E-state index is 0.724. The van der Waals surface area contributed by atoms with Gasteiger partial charge in [-0.15, -0.1) is 0 Å². The number of aromatic nitrogens is 1. The highest BCUT2D eigenvalue weighted by molar-refractivity contribution is 5.47. The van der Waals surface area contributed by atoms with Gasteiger partial charge in [0, 0.05) is 37.4 Å². The van der Waals surface area contributed by atoms with E-state index >= 15 is 0 Å². The van der Waals surface area contributed by atoms with Crippen LogP contribution in [0.3, 0.4) is 0 Å². The van der Waals surface area contributed by atoms with Gasteiger partial charge in [0.2, 0.25) is 0 Å². The minimum Gasteiger partial charge on any atom is -0.352 e. The highest BCUT2D eigenvalue weighted by Gasteiger charge is 2.21. The summed E-state index contributed by atoms with van der Waals surface area (Å²) in [7, 11) is 0. The summed E-state index contributed by atoms with van der Waals surface area (Å²) < 4.78 is 0. The molecule has 1 aromatic heterocycles. The molecule has 1 aromatic carbocycles. The zero-order valence-corrected chi connectivity index (χ0v) is 12.6. The van der Waals surface area contributed by atoms with Crippen molar-refractivity contribution < 1.29 is 0 Å². The maximum absolute atomic E-state index is 4.63. The van der Waals surface area contributed by atoms with E-state index < -0.39 is 0 Å². The van der Waals surface area contributed by atoms with Gasteiger partial charge in [0.05, 0.1) is 0 Å². The van der Waals surface area contributed by atoms with E-state index in [1.54, 1.807) is 0 Å². The van der Waals surface area contributed by atoms with E-state index in [1.807, 2.05) is 12.3 Å². The third-order valence-corrected chi connectivity index (χ3v) is 3.92. The molecule has 1 N–H and O–H groups in total. The first-order valence-electron chi connectivity index (χ1n) is 7.83. The van der Waals surface area contributed by atoms with Crippen molar-refractivity contribution in [1.29, 1.82) is 0 Å². The Morgan fingerprint density at radius 1 is 1.14 bits per heavy atom. The summed E-state index contributed by atoms with van der Waals surface area (Å²) >= 11 is 0. The molecule has 21 heavy (non-hydrogen) atoms. The first-order chi connectivity index (χ1) is 10.4. The largest absolute Gasteiger partial charge is 0.352 e. The first kappa shape index (κ1) is 14.1. The third kappa shape index (κ3) is 3.82. The topological polar surface area (TPSA) is 28.2 Å². The van der Waals surface area contributed by atoms with Crippen molar-refractivity contribution in [3.8, 4) is 0 Å². The van der Waals surface area contributed by atoms with Gasteiger partial charge in [0.15, 0.2) is 0 Å². The van der Waals surface area contributed by atoms with Crippen LogP contribution in [-0.2, 0) is 13.1 Å². The Morgan fingerprint density at radius 3 is 2.67 bits per heavy atom. The maximum atomic E-state index is 4.63. The van der Waals surface area contributed by atoms with Crippen LogP contribution in [0.1, 0.15) is 30.9 Å². The van der Waals surface area contributed by atoms with E-state index in [9.17, 15) is 0 Å². The maximum Gasteiger partial charge on any atom is 0.133 e. The van der Waals surface area contributed by atoms with Crippen LogP contribution in [0.2, 0.25) is 0 Å². The molecule has 1 aliphatic rings. The standard InChI is InChI=1S/C18H23N3/c1-2-21(14-15-7-4-3-5-8-15)18-16(9-6-12-19-18)13-20-17-10-11-17/h3-9,12,17,20H,2,10-11,13-14H2,1H3. The van der Waals surface area contributed by atoms with Crippen molar-refractivity contribution in [2.75, 3.05) is 11.4 Å². The first-order valence-corrected chi connectivity index (χ1v) is 7.83. The van der Waals surface area contributed by atoms with E-state index in [4.69, 9.17) is 0 Å². The summed E-state index contributed by atoms with van der Waals surface area (Å²) in [6.45, 7) is 4.97. The predicted octanol–water partition coefficient (Wildman–Crippen LogP) is 3.36. The average Bonchev–Trinajstić information content (AvgIpc) is 3.36. The molecule has 0 bridgehead atoms. The smallest absolute Gasteiger partial charge is 0.133 e. The number of hydrogen-bond donors (Lipinski definition) is 1. The van der Waals surface area contributed by atoms with Crippen LogP contribution in [0.25, 0.3) is 0 Å². The number of nitrogens with zero attached hydrogens (tertiary/aromatic N) is 2. The molecule has 0 unspecified atom stereocenters. The number of rotatable bonds is 7. The summed E-state index contributed by atoms with van der Waals surface area (Å²) in [4.78, 5) is 6.98. The third-order valence-electron chi connectivity index (χ3n) is 3.92. The average molecular weight is 281 g/mol. The lowest BCUT2D eigenvalue weighted by atomic mass is 10.2. The normalized spacial score (nSPS) is 14.1. The zero-order chi connectivity index (χ0) is 14.5. The molecular weight excluding hydrogens is 258 g/mol. The van der Waals surface area contributed by atoms with Gasteiger partial charge in [-0.2, -0.15) is 0 Å². The quantitative estimate of drug-likeness (QED) is 0.843. The van der Waals surface area contributed by atoms with Crippen LogP contribution in [0, 0.1) is 0 Å². The molecule has 2 aromatic rings. The van der Waals surface area contributed by atoms with Crippen LogP contribution in [0.15, 0.2) is 48.7 Å². The second-order valence-corrected chi connectivity index (χ2v) is 5.64. The SMILES string of the molecule is CCN(Cc1ccccc1)c1ncccc1CNC1CC1. The van der Waals surface area contributed by atoms with Gasteiger partial charge in [0.1, 0.15) is 5.82 Å². The molecule has 1 fully saturated rings. The molecule has 1 saturated carbocycles. The van der Waals surface area contributed by atoms with E-state index in [0.717, 1.165) is 31.5 Å². The summed E-state index contributed by atoms with van der Waals surface area (Å²) in [6, 6.07) is 15.5. The Kier molecular flexibility index (Phi) is 4.51. The van der Waals surface area contributed by atoms with Gasteiger partial charge >= 0.3 is 0 Å². The van der Waals surface area contributed by atoms with E-state index in [1.165, 1.54) is 24.0 Å². The molecule has 0 amide bonds. The molecular formula is C18H23N3. The fourth-order valence-corrected chi connectivity index (χ4v) is 2.54. The molecule has 110 valence electrons. The van der Waals surface area contributed by atoms with Crippen molar-refractivity contribution in [3.05, 3.63) is 59.8 Å². The number of anilines is 1. The lowest BCUT2D eigenvalue weighted by molar-refractivity contribution is 0.679. The highest BCUT2D eigenvalue weighted by Crippen LogP contribution is 2.23. The number of benzene rings is 1. The molecule has 0 atom stereocenters. The molecule has 1 heterocycles. The Labute approximate surface area is 127 Å². The minimum absolute atomic E-state index is 0.724. The van der Waals surface area contributed by atoms with Crippen LogP contribution >= 0.6 is 0 Å². The summed E-state index contributed by atoms with van der Waals surface area (Å²) in [5.74, 6) is 1.11. The van der Waals surface area contributed by atoms with E-state index in [-0.39, 0.29) is 0 Å². The number of hydrogen-bond acceptors (Lipinski definition) is 3. The predicted molar refractivity (Wildman–Crippen MR) is 87.3 cm³/mol. The Morgan fingerprint density at radius 2 is 1.95 bits per heavy atom. The molecule has 0 spiro atoms. The van der Waals surface area contributed by atoms with E-state index in [0.29, 0.717) is 0 Å². The lowest BCUT2D eigenvalue weighted by Gasteiger charge is -2.24. The summed E-state index contributed by atoms with van der Waals surface area (Å²) in [6.07, 6.45) is 4.53. The molecule has 1 aliphatic carbocycles. The number of nitrogens with one attached hydrogen (secondary N) is 1. The van der Waals surface area contributed by atoms with Crippen molar-refractivity contribution in [2.24, 2.45) is 0 Å². The Balaban J connectivity index is 1.75. The van der Waals surface area contributed by atoms with Gasteiger partial charge < -0.3 is 10.2 Å².